The van der Waals surface area contributed by atoms with Crippen molar-refractivity contribution in [3.8, 4) is 0 Å². The molecule has 136 valence electrons. The third-order valence-corrected chi connectivity index (χ3v) is 5.26. The average molecular weight is 338 g/mol. The molecule has 24 heavy (non-hydrogen) atoms. The minimum atomic E-state index is 0.205. The van der Waals surface area contributed by atoms with E-state index < -0.39 is 0 Å². The number of hydrogen-bond donors (Lipinski definition) is 0. The third kappa shape index (κ3) is 4.91. The standard InChI is InChI=1S/C17H30N4O3/c22-16(20-4-2-1-3-5-20)14-18-6-8-19(9-7-18)15-17(23)21-10-12-24-13-11-21/h1-15H2. The van der Waals surface area contributed by atoms with Gasteiger partial charge in [0.25, 0.3) is 0 Å². The number of hydrogen-bond acceptors (Lipinski definition) is 5. The molecule has 0 aliphatic carbocycles. The molecule has 0 aromatic rings. The SMILES string of the molecule is O=C(CN1CCN(CC(=O)N2CCOCC2)CC1)N1CCCCC1. The lowest BCUT2D eigenvalue weighted by Crippen LogP contribution is -2.53. The summed E-state index contributed by atoms with van der Waals surface area (Å²) in [4.78, 5) is 33.0. The topological polar surface area (TPSA) is 56.3 Å². The van der Waals surface area contributed by atoms with Crippen molar-refractivity contribution >= 4 is 11.8 Å². The summed E-state index contributed by atoms with van der Waals surface area (Å²) < 4.78 is 5.29. The second kappa shape index (κ2) is 8.78. The summed E-state index contributed by atoms with van der Waals surface area (Å²) >= 11 is 0. The maximum atomic E-state index is 12.3. The molecule has 0 spiro atoms. The van der Waals surface area contributed by atoms with Gasteiger partial charge in [-0.3, -0.25) is 19.4 Å². The summed E-state index contributed by atoms with van der Waals surface area (Å²) in [5.41, 5.74) is 0. The van der Waals surface area contributed by atoms with Gasteiger partial charge in [0, 0.05) is 52.4 Å². The lowest BCUT2D eigenvalue weighted by Gasteiger charge is -2.36. The molecule has 7 heteroatoms. The molecule has 3 aliphatic rings. The number of piperazine rings is 1. The number of nitrogens with zero attached hydrogens (tertiary/aromatic N) is 4. The van der Waals surface area contributed by atoms with E-state index in [0.717, 1.165) is 52.1 Å². The van der Waals surface area contributed by atoms with Crippen molar-refractivity contribution in [2.75, 3.05) is 78.7 Å². The fourth-order valence-electron chi connectivity index (χ4n) is 3.64. The van der Waals surface area contributed by atoms with Crippen LogP contribution in [0.15, 0.2) is 0 Å². The predicted octanol–water partition coefficient (Wildman–Crippen LogP) is -0.525. The fourth-order valence-corrected chi connectivity index (χ4v) is 3.64. The highest BCUT2D eigenvalue weighted by Crippen LogP contribution is 2.10. The highest BCUT2D eigenvalue weighted by atomic mass is 16.5. The van der Waals surface area contributed by atoms with E-state index in [-0.39, 0.29) is 11.8 Å². The second-order valence-corrected chi connectivity index (χ2v) is 6.99. The van der Waals surface area contributed by atoms with Crippen molar-refractivity contribution in [2.24, 2.45) is 0 Å². The second-order valence-electron chi connectivity index (χ2n) is 6.99. The van der Waals surface area contributed by atoms with E-state index in [0.29, 0.717) is 39.4 Å². The molecule has 3 heterocycles. The van der Waals surface area contributed by atoms with Crippen molar-refractivity contribution in [3.05, 3.63) is 0 Å². The van der Waals surface area contributed by atoms with Crippen LogP contribution in [0, 0.1) is 0 Å². The summed E-state index contributed by atoms with van der Waals surface area (Å²) in [6.07, 6.45) is 3.53. The fraction of sp³-hybridized carbons (Fsp3) is 0.882. The number of amides is 2. The number of ether oxygens (including phenoxy) is 1. The van der Waals surface area contributed by atoms with Gasteiger partial charge in [-0.2, -0.15) is 0 Å². The van der Waals surface area contributed by atoms with Crippen LogP contribution in [0.3, 0.4) is 0 Å². The summed E-state index contributed by atoms with van der Waals surface area (Å²) in [7, 11) is 0. The van der Waals surface area contributed by atoms with Crippen molar-refractivity contribution in [1.82, 2.24) is 19.6 Å². The zero-order valence-corrected chi connectivity index (χ0v) is 14.6. The highest BCUT2D eigenvalue weighted by molar-refractivity contribution is 5.79. The zero-order valence-electron chi connectivity index (χ0n) is 14.6. The van der Waals surface area contributed by atoms with Gasteiger partial charge in [-0.05, 0) is 19.3 Å². The van der Waals surface area contributed by atoms with Crippen LogP contribution in [0.2, 0.25) is 0 Å². The number of morpholine rings is 1. The van der Waals surface area contributed by atoms with Gasteiger partial charge >= 0.3 is 0 Å². The Bertz CT molecular complexity index is 386. The lowest BCUT2D eigenvalue weighted by atomic mass is 10.1. The van der Waals surface area contributed by atoms with E-state index >= 15 is 0 Å². The molecule has 3 fully saturated rings. The molecule has 3 saturated heterocycles. The van der Waals surface area contributed by atoms with Crippen LogP contribution in [-0.2, 0) is 14.3 Å². The van der Waals surface area contributed by atoms with Gasteiger partial charge in [0.05, 0.1) is 26.3 Å². The molecule has 0 aromatic carbocycles. The first-order valence-electron chi connectivity index (χ1n) is 9.30. The quantitative estimate of drug-likeness (QED) is 0.690. The number of piperidine rings is 1. The molecule has 0 aromatic heterocycles. The molecule has 0 unspecified atom stereocenters. The normalized spacial score (nSPS) is 24.2. The number of carbonyl (C=O) groups is 2. The summed E-state index contributed by atoms with van der Waals surface area (Å²) in [5.74, 6) is 0.476. The Balaban J connectivity index is 1.36. The minimum absolute atomic E-state index is 0.205. The Labute approximate surface area is 144 Å². The molecule has 3 rings (SSSR count). The van der Waals surface area contributed by atoms with E-state index in [4.69, 9.17) is 4.74 Å². The Kier molecular flexibility index (Phi) is 6.45. The number of likely N-dealkylation sites (tertiary alicyclic amines) is 1. The van der Waals surface area contributed by atoms with Crippen molar-refractivity contribution in [2.45, 2.75) is 19.3 Å². The largest absolute Gasteiger partial charge is 0.378 e. The van der Waals surface area contributed by atoms with Gasteiger partial charge in [0.15, 0.2) is 0 Å². The van der Waals surface area contributed by atoms with E-state index in [1.165, 1.54) is 6.42 Å². The van der Waals surface area contributed by atoms with Crippen LogP contribution in [0.4, 0.5) is 0 Å². The molecular formula is C17H30N4O3. The molecule has 0 saturated carbocycles. The van der Waals surface area contributed by atoms with Gasteiger partial charge in [-0.1, -0.05) is 0 Å². The Morgan fingerprint density at radius 3 is 1.58 bits per heavy atom. The van der Waals surface area contributed by atoms with Gasteiger partial charge in [0.1, 0.15) is 0 Å². The lowest BCUT2D eigenvalue weighted by molar-refractivity contribution is -0.138. The molecule has 0 radical (unpaired) electrons. The third-order valence-electron chi connectivity index (χ3n) is 5.26. The molecule has 0 atom stereocenters. The molecule has 0 bridgehead atoms. The predicted molar refractivity (Wildman–Crippen MR) is 90.7 cm³/mol. The van der Waals surface area contributed by atoms with Crippen LogP contribution in [0.1, 0.15) is 19.3 Å². The molecule has 7 nitrogen and oxygen atoms in total. The average Bonchev–Trinajstić information content (AvgIpc) is 2.65. The summed E-state index contributed by atoms with van der Waals surface area (Å²) in [6, 6.07) is 0. The maximum absolute atomic E-state index is 12.3. The van der Waals surface area contributed by atoms with Gasteiger partial charge in [-0.15, -0.1) is 0 Å². The van der Waals surface area contributed by atoms with E-state index in [2.05, 4.69) is 9.80 Å². The van der Waals surface area contributed by atoms with Crippen LogP contribution in [0.5, 0.6) is 0 Å². The highest BCUT2D eigenvalue weighted by Gasteiger charge is 2.25. The van der Waals surface area contributed by atoms with Crippen molar-refractivity contribution < 1.29 is 14.3 Å². The van der Waals surface area contributed by atoms with Gasteiger partial charge in [0.2, 0.25) is 11.8 Å². The summed E-state index contributed by atoms with van der Waals surface area (Å²) in [5, 5.41) is 0. The van der Waals surface area contributed by atoms with Crippen LogP contribution < -0.4 is 0 Å². The monoisotopic (exact) mass is 338 g/mol. The Hall–Kier alpha value is -1.18. The smallest absolute Gasteiger partial charge is 0.236 e. The first-order valence-corrected chi connectivity index (χ1v) is 9.30. The van der Waals surface area contributed by atoms with E-state index in [9.17, 15) is 9.59 Å². The van der Waals surface area contributed by atoms with Crippen LogP contribution in [-0.4, -0.2) is 110 Å². The summed E-state index contributed by atoms with van der Waals surface area (Å²) in [6.45, 7) is 9.07. The first-order chi connectivity index (χ1) is 11.7. The molecule has 0 N–H and O–H groups in total. The van der Waals surface area contributed by atoms with Crippen LogP contribution >= 0.6 is 0 Å². The first kappa shape index (κ1) is 17.6. The number of rotatable bonds is 4. The minimum Gasteiger partial charge on any atom is -0.378 e. The van der Waals surface area contributed by atoms with E-state index in [1.807, 2.05) is 9.80 Å². The van der Waals surface area contributed by atoms with Crippen LogP contribution in [0.25, 0.3) is 0 Å². The molecule has 3 aliphatic heterocycles. The van der Waals surface area contributed by atoms with E-state index in [1.54, 1.807) is 0 Å². The maximum Gasteiger partial charge on any atom is 0.236 e. The van der Waals surface area contributed by atoms with Gasteiger partial charge in [-0.25, -0.2) is 0 Å². The van der Waals surface area contributed by atoms with Crippen molar-refractivity contribution in [1.29, 1.82) is 0 Å². The van der Waals surface area contributed by atoms with Gasteiger partial charge < -0.3 is 14.5 Å². The number of carbonyl (C=O) groups excluding carboxylic acids is 2. The molecule has 2 amide bonds. The Morgan fingerprint density at radius 2 is 1.08 bits per heavy atom. The zero-order chi connectivity index (χ0) is 16.8. The molecular weight excluding hydrogens is 308 g/mol. The van der Waals surface area contributed by atoms with Crippen molar-refractivity contribution in [3.63, 3.8) is 0 Å². The Morgan fingerprint density at radius 1 is 0.625 bits per heavy atom.